The van der Waals surface area contributed by atoms with E-state index in [4.69, 9.17) is 14.2 Å². The number of para-hydroxylation sites is 1. The molecule has 218 valence electrons. The van der Waals surface area contributed by atoms with Gasteiger partial charge in [0.05, 0.1) is 5.56 Å². The van der Waals surface area contributed by atoms with Crippen LogP contribution in [0.1, 0.15) is 15.9 Å². The third-order valence-corrected chi connectivity index (χ3v) is 6.66. The van der Waals surface area contributed by atoms with Gasteiger partial charge in [-0.25, -0.2) is 9.59 Å². The van der Waals surface area contributed by atoms with E-state index in [0.717, 1.165) is 11.1 Å². The molecule has 1 aromatic heterocycles. The number of carbonyl (C=O) groups excluding carboxylic acids is 3. The lowest BCUT2D eigenvalue weighted by Gasteiger charge is -2.20. The van der Waals surface area contributed by atoms with E-state index in [-0.39, 0.29) is 19.0 Å². The van der Waals surface area contributed by atoms with E-state index < -0.39 is 42.0 Å². The quantitative estimate of drug-likeness (QED) is 0.189. The molecule has 3 atom stereocenters. The number of anilines is 1. The van der Waals surface area contributed by atoms with Crippen molar-refractivity contribution in [3.05, 3.63) is 115 Å². The molecule has 1 aliphatic rings. The van der Waals surface area contributed by atoms with Crippen molar-refractivity contribution in [3.8, 4) is 16.9 Å². The first-order valence-electron chi connectivity index (χ1n) is 13.3. The Bertz CT molecular complexity index is 1600. The highest BCUT2D eigenvalue weighted by atomic mass is 16.7. The summed E-state index contributed by atoms with van der Waals surface area (Å²) in [5.74, 6) is -2.99. The molecule has 1 fully saturated rings. The molecule has 43 heavy (non-hydrogen) atoms. The number of nitrogens with zero attached hydrogens (tertiary/aromatic N) is 1. The average molecular weight is 582 g/mol. The number of aliphatic carboxylic acids is 1. The summed E-state index contributed by atoms with van der Waals surface area (Å²) in [5, 5.41) is 15.0. The predicted molar refractivity (Wildman–Crippen MR) is 154 cm³/mol. The Labute approximate surface area is 246 Å². The molecule has 0 aliphatic carbocycles. The van der Waals surface area contributed by atoms with Crippen LogP contribution >= 0.6 is 0 Å². The molecule has 3 unspecified atom stereocenters. The van der Waals surface area contributed by atoms with Gasteiger partial charge in [0.1, 0.15) is 18.6 Å². The highest BCUT2D eigenvalue weighted by Crippen LogP contribution is 2.28. The maximum absolute atomic E-state index is 13.2. The molecular weight excluding hydrogens is 554 g/mol. The minimum absolute atomic E-state index is 0.0749. The highest BCUT2D eigenvalue weighted by Gasteiger charge is 2.42. The first kappa shape index (κ1) is 29.1. The van der Waals surface area contributed by atoms with Crippen LogP contribution in [0, 0.1) is 0 Å². The smallest absolute Gasteiger partial charge is 0.343 e. The Morgan fingerprint density at radius 3 is 2.19 bits per heavy atom. The molecule has 0 saturated carbocycles. The van der Waals surface area contributed by atoms with E-state index in [1.165, 1.54) is 36.7 Å². The predicted octanol–water partition coefficient (Wildman–Crippen LogP) is 3.46. The Morgan fingerprint density at radius 2 is 1.49 bits per heavy atom. The van der Waals surface area contributed by atoms with Crippen LogP contribution in [-0.4, -0.2) is 58.9 Å². The number of benzene rings is 3. The fourth-order valence-electron chi connectivity index (χ4n) is 4.49. The monoisotopic (exact) mass is 581 g/mol. The summed E-state index contributed by atoms with van der Waals surface area (Å²) < 4.78 is 16.1. The molecule has 11 nitrogen and oxygen atoms in total. The van der Waals surface area contributed by atoms with Crippen LogP contribution in [0.2, 0.25) is 0 Å². The van der Waals surface area contributed by atoms with Crippen LogP contribution in [0.5, 0.6) is 5.75 Å². The summed E-state index contributed by atoms with van der Waals surface area (Å²) in [7, 11) is 0. The molecule has 4 aromatic rings. The first-order valence-corrected chi connectivity index (χ1v) is 13.3. The zero-order valence-electron chi connectivity index (χ0n) is 22.7. The van der Waals surface area contributed by atoms with Crippen LogP contribution in [0.3, 0.4) is 0 Å². The molecule has 5 rings (SSSR count). The number of esters is 1. The zero-order chi connectivity index (χ0) is 30.2. The van der Waals surface area contributed by atoms with Gasteiger partial charge in [-0.1, -0.05) is 60.7 Å². The van der Waals surface area contributed by atoms with Gasteiger partial charge in [0.15, 0.2) is 12.2 Å². The van der Waals surface area contributed by atoms with Gasteiger partial charge in [0, 0.05) is 30.1 Å². The van der Waals surface area contributed by atoms with E-state index in [2.05, 4.69) is 15.6 Å². The maximum Gasteiger partial charge on any atom is 0.343 e. The van der Waals surface area contributed by atoms with Crippen molar-refractivity contribution in [1.82, 2.24) is 10.3 Å². The van der Waals surface area contributed by atoms with Crippen molar-refractivity contribution < 1.29 is 38.5 Å². The summed E-state index contributed by atoms with van der Waals surface area (Å²) in [6.07, 6.45) is 0.216. The van der Waals surface area contributed by atoms with Gasteiger partial charge in [-0.15, -0.1) is 0 Å². The van der Waals surface area contributed by atoms with Crippen LogP contribution in [0.25, 0.3) is 11.1 Å². The number of ether oxygens (including phenoxy) is 3. The number of carboxylic acids is 1. The van der Waals surface area contributed by atoms with E-state index in [0.29, 0.717) is 16.8 Å². The van der Waals surface area contributed by atoms with Crippen LogP contribution in [0.4, 0.5) is 5.69 Å². The lowest BCUT2D eigenvalue weighted by atomic mass is 10.0. The number of hydrogen-bond donors (Lipinski definition) is 3. The molecule has 2 heterocycles. The zero-order valence-corrected chi connectivity index (χ0v) is 22.7. The number of carbonyl (C=O) groups is 4. The second kappa shape index (κ2) is 13.5. The Morgan fingerprint density at radius 1 is 0.837 bits per heavy atom. The van der Waals surface area contributed by atoms with Crippen molar-refractivity contribution in [1.29, 1.82) is 0 Å². The van der Waals surface area contributed by atoms with E-state index in [1.54, 1.807) is 24.3 Å². The normalized spacial score (nSPS) is 16.6. The maximum atomic E-state index is 13.2. The van der Waals surface area contributed by atoms with Crippen molar-refractivity contribution in [2.75, 3.05) is 12.1 Å². The molecule has 11 heteroatoms. The number of aromatic nitrogens is 1. The number of pyridine rings is 1. The molecule has 2 amide bonds. The average Bonchev–Trinajstić information content (AvgIpc) is 3.53. The van der Waals surface area contributed by atoms with Crippen molar-refractivity contribution >= 4 is 29.4 Å². The second-order valence-electron chi connectivity index (χ2n) is 9.57. The molecule has 0 radical (unpaired) electrons. The van der Waals surface area contributed by atoms with Gasteiger partial charge in [-0.05, 0) is 41.5 Å². The van der Waals surface area contributed by atoms with Gasteiger partial charge in [-0.3, -0.25) is 14.6 Å². The summed E-state index contributed by atoms with van der Waals surface area (Å²) in [4.78, 5) is 54.4. The highest BCUT2D eigenvalue weighted by molar-refractivity contribution is 6.02. The number of nitrogens with one attached hydrogen (secondary N) is 2. The van der Waals surface area contributed by atoms with Gasteiger partial charge in [-0.2, -0.15) is 0 Å². The Balaban J connectivity index is 1.21. The topological polar surface area (TPSA) is 153 Å². The second-order valence-corrected chi connectivity index (χ2v) is 9.57. The molecule has 0 bridgehead atoms. The van der Waals surface area contributed by atoms with E-state index >= 15 is 0 Å². The molecule has 0 spiro atoms. The Hall–Kier alpha value is -5.39. The Kier molecular flexibility index (Phi) is 9.15. The van der Waals surface area contributed by atoms with Gasteiger partial charge < -0.3 is 30.0 Å². The molecule has 3 aromatic carbocycles. The van der Waals surface area contributed by atoms with Crippen LogP contribution in [-0.2, 0) is 30.3 Å². The van der Waals surface area contributed by atoms with Gasteiger partial charge in [0.2, 0.25) is 0 Å². The first-order chi connectivity index (χ1) is 20.9. The lowest BCUT2D eigenvalue weighted by molar-refractivity contribution is -0.144. The van der Waals surface area contributed by atoms with Gasteiger partial charge >= 0.3 is 11.9 Å². The van der Waals surface area contributed by atoms with Crippen molar-refractivity contribution in [2.24, 2.45) is 0 Å². The SMILES string of the molecule is O=C(Oc1ccc(CC(NC(=O)C2OCOC2C(=O)Nc2ccccc2-c2ccccc2)C(=O)O)cc1)c1ccncc1. The number of amides is 2. The molecule has 1 aliphatic heterocycles. The number of rotatable bonds is 10. The fourth-order valence-corrected chi connectivity index (χ4v) is 4.49. The molecule has 1 saturated heterocycles. The van der Waals surface area contributed by atoms with Crippen LogP contribution in [0.15, 0.2) is 103 Å². The largest absolute Gasteiger partial charge is 0.480 e. The standard InChI is InChI=1S/C32H27N3O8/c36-29(34-25-9-5-4-8-24(25)21-6-2-1-3-7-21)27-28(42-19-41-27)30(37)35-26(31(38)39)18-20-10-12-23(13-11-20)43-32(40)22-14-16-33-17-15-22/h1-17,26-28H,18-19H2,(H,34,36)(H,35,37)(H,38,39). The number of hydrogen-bond acceptors (Lipinski definition) is 8. The third kappa shape index (κ3) is 7.28. The van der Waals surface area contributed by atoms with Gasteiger partial charge in [0.25, 0.3) is 11.8 Å². The minimum Gasteiger partial charge on any atom is -0.480 e. The molecule has 3 N–H and O–H groups in total. The van der Waals surface area contributed by atoms with E-state index in [9.17, 15) is 24.3 Å². The third-order valence-electron chi connectivity index (χ3n) is 6.66. The summed E-state index contributed by atoms with van der Waals surface area (Å²) in [6.45, 7) is -0.312. The fraction of sp³-hybridized carbons (Fsp3) is 0.156. The minimum atomic E-state index is -1.36. The van der Waals surface area contributed by atoms with Crippen molar-refractivity contribution in [3.63, 3.8) is 0 Å². The van der Waals surface area contributed by atoms with Crippen molar-refractivity contribution in [2.45, 2.75) is 24.7 Å². The lowest BCUT2D eigenvalue weighted by Crippen LogP contribution is -2.51. The summed E-state index contributed by atoms with van der Waals surface area (Å²) in [5.41, 5.74) is 3.08. The number of carboxylic acid groups (broad SMARTS) is 1. The summed E-state index contributed by atoms with van der Waals surface area (Å²) in [6, 6.07) is 24.6. The van der Waals surface area contributed by atoms with E-state index in [1.807, 2.05) is 42.5 Å². The summed E-state index contributed by atoms with van der Waals surface area (Å²) >= 11 is 0. The molecular formula is C32H27N3O8. The van der Waals surface area contributed by atoms with Crippen LogP contribution < -0.4 is 15.4 Å².